The molecule has 0 aliphatic carbocycles. The molecule has 0 spiro atoms. The first-order valence-electron chi connectivity index (χ1n) is 4.93. The summed E-state index contributed by atoms with van der Waals surface area (Å²) in [6.45, 7) is 2.23. The van der Waals surface area contributed by atoms with Crippen LogP contribution in [-0.4, -0.2) is 30.9 Å². The van der Waals surface area contributed by atoms with E-state index in [1.807, 2.05) is 19.1 Å². The van der Waals surface area contributed by atoms with Gasteiger partial charge in [0.1, 0.15) is 17.5 Å². The first-order valence-corrected chi connectivity index (χ1v) is 4.93. The lowest BCUT2D eigenvalue weighted by Crippen LogP contribution is -2.10. The zero-order valence-electron chi connectivity index (χ0n) is 9.36. The van der Waals surface area contributed by atoms with E-state index in [0.717, 1.165) is 12.1 Å². The second-order valence-corrected chi connectivity index (χ2v) is 3.21. The lowest BCUT2D eigenvalue weighted by Gasteiger charge is -2.13. The van der Waals surface area contributed by atoms with Crippen molar-refractivity contribution in [2.45, 2.75) is 19.4 Å². The smallest absolute Gasteiger partial charge is 0.143 e. The van der Waals surface area contributed by atoms with E-state index in [1.54, 1.807) is 14.2 Å². The van der Waals surface area contributed by atoms with E-state index in [9.17, 15) is 5.11 Å². The molecule has 0 aromatic carbocycles. The lowest BCUT2D eigenvalue weighted by atomic mass is 10.2. The summed E-state index contributed by atoms with van der Waals surface area (Å²) in [5.74, 6) is 0.594. The van der Waals surface area contributed by atoms with Crippen LogP contribution in [0, 0.1) is 0 Å². The number of methoxy groups -OCH3 is 2. The van der Waals surface area contributed by atoms with Crippen molar-refractivity contribution in [2.24, 2.45) is 0 Å². The van der Waals surface area contributed by atoms with Crippen LogP contribution in [0.1, 0.15) is 24.4 Å². The molecule has 1 aromatic heterocycles. The molecule has 1 rings (SSSR count). The van der Waals surface area contributed by atoms with Crippen LogP contribution in [0.15, 0.2) is 12.1 Å². The minimum atomic E-state index is -0.739. The molecule has 0 saturated heterocycles. The molecule has 84 valence electrons. The summed E-state index contributed by atoms with van der Waals surface area (Å²) in [6, 6.07) is 3.71. The van der Waals surface area contributed by atoms with Gasteiger partial charge in [-0.25, -0.2) is 0 Å². The van der Waals surface area contributed by atoms with Crippen molar-refractivity contribution in [3.05, 3.63) is 23.5 Å². The molecule has 0 aliphatic rings. The average molecular weight is 211 g/mol. The number of hydrogen-bond acceptors (Lipinski definition) is 4. The SMILES string of the molecule is CCc1ccc(OC)c(C(O)COC)n1. The van der Waals surface area contributed by atoms with E-state index >= 15 is 0 Å². The van der Waals surface area contributed by atoms with Crippen LogP contribution < -0.4 is 4.74 Å². The zero-order valence-corrected chi connectivity index (χ0v) is 9.36. The normalized spacial score (nSPS) is 12.5. The number of ether oxygens (including phenoxy) is 2. The quantitative estimate of drug-likeness (QED) is 0.798. The van der Waals surface area contributed by atoms with Crippen LogP contribution in [0.25, 0.3) is 0 Å². The number of aliphatic hydroxyl groups excluding tert-OH is 1. The lowest BCUT2D eigenvalue weighted by molar-refractivity contribution is 0.0598. The summed E-state index contributed by atoms with van der Waals surface area (Å²) < 4.78 is 10.0. The fourth-order valence-corrected chi connectivity index (χ4v) is 1.35. The molecular weight excluding hydrogens is 194 g/mol. The maximum atomic E-state index is 9.78. The van der Waals surface area contributed by atoms with Crippen LogP contribution in [0.3, 0.4) is 0 Å². The molecule has 0 saturated carbocycles. The van der Waals surface area contributed by atoms with Crippen molar-refractivity contribution >= 4 is 0 Å². The number of rotatable bonds is 5. The van der Waals surface area contributed by atoms with Crippen molar-refractivity contribution < 1.29 is 14.6 Å². The molecule has 1 atom stereocenters. The van der Waals surface area contributed by atoms with E-state index in [-0.39, 0.29) is 6.61 Å². The molecule has 1 unspecified atom stereocenters. The van der Waals surface area contributed by atoms with Crippen molar-refractivity contribution in [2.75, 3.05) is 20.8 Å². The van der Waals surface area contributed by atoms with Crippen molar-refractivity contribution in [1.82, 2.24) is 4.98 Å². The predicted octanol–water partition coefficient (Wildman–Crippen LogP) is 1.33. The van der Waals surface area contributed by atoms with E-state index in [1.165, 1.54) is 0 Å². The number of pyridine rings is 1. The molecule has 1 aromatic rings. The minimum absolute atomic E-state index is 0.219. The highest BCUT2D eigenvalue weighted by atomic mass is 16.5. The molecule has 0 radical (unpaired) electrons. The molecule has 1 N–H and O–H groups in total. The summed E-state index contributed by atoms with van der Waals surface area (Å²) in [4.78, 5) is 4.33. The highest BCUT2D eigenvalue weighted by molar-refractivity contribution is 5.31. The molecular formula is C11H17NO3. The minimum Gasteiger partial charge on any atom is -0.495 e. The Morgan fingerprint density at radius 3 is 2.67 bits per heavy atom. The standard InChI is InChI=1S/C11H17NO3/c1-4-8-5-6-10(15-3)11(12-8)9(13)7-14-2/h5-6,9,13H,4,7H2,1-3H3. The molecule has 15 heavy (non-hydrogen) atoms. The van der Waals surface area contributed by atoms with E-state index in [2.05, 4.69) is 4.98 Å². The number of aryl methyl sites for hydroxylation is 1. The molecule has 4 nitrogen and oxygen atoms in total. The van der Waals surface area contributed by atoms with Crippen molar-refractivity contribution in [1.29, 1.82) is 0 Å². The maximum absolute atomic E-state index is 9.78. The Morgan fingerprint density at radius 1 is 1.40 bits per heavy atom. The summed E-state index contributed by atoms with van der Waals surface area (Å²) in [5, 5.41) is 9.78. The first kappa shape index (κ1) is 11.9. The largest absolute Gasteiger partial charge is 0.495 e. The number of hydrogen-bond donors (Lipinski definition) is 1. The van der Waals surface area contributed by atoms with Gasteiger partial charge in [-0.2, -0.15) is 0 Å². The number of aromatic nitrogens is 1. The van der Waals surface area contributed by atoms with E-state index in [0.29, 0.717) is 11.4 Å². The maximum Gasteiger partial charge on any atom is 0.143 e. The zero-order chi connectivity index (χ0) is 11.3. The second kappa shape index (κ2) is 5.68. The van der Waals surface area contributed by atoms with Gasteiger partial charge in [0, 0.05) is 12.8 Å². The Kier molecular flexibility index (Phi) is 4.52. The molecule has 0 aliphatic heterocycles. The van der Waals surface area contributed by atoms with Gasteiger partial charge < -0.3 is 14.6 Å². The Morgan fingerprint density at radius 2 is 2.13 bits per heavy atom. The van der Waals surface area contributed by atoms with Gasteiger partial charge in [0.15, 0.2) is 0 Å². The van der Waals surface area contributed by atoms with Crippen LogP contribution in [0.2, 0.25) is 0 Å². The molecule has 4 heteroatoms. The van der Waals surface area contributed by atoms with Gasteiger partial charge in [-0.1, -0.05) is 6.92 Å². The molecule has 0 bridgehead atoms. The van der Waals surface area contributed by atoms with Gasteiger partial charge in [0.05, 0.1) is 13.7 Å². The Labute approximate surface area is 89.9 Å². The monoisotopic (exact) mass is 211 g/mol. The summed E-state index contributed by atoms with van der Waals surface area (Å²) in [5.41, 5.74) is 1.47. The van der Waals surface area contributed by atoms with Gasteiger partial charge in [0.2, 0.25) is 0 Å². The van der Waals surface area contributed by atoms with Gasteiger partial charge in [-0.05, 0) is 18.6 Å². The van der Waals surface area contributed by atoms with E-state index < -0.39 is 6.10 Å². The molecule has 0 amide bonds. The van der Waals surface area contributed by atoms with Crippen LogP contribution in [-0.2, 0) is 11.2 Å². The highest BCUT2D eigenvalue weighted by Gasteiger charge is 2.15. The third-order valence-electron chi connectivity index (χ3n) is 2.17. The van der Waals surface area contributed by atoms with Crippen molar-refractivity contribution in [3.63, 3.8) is 0 Å². The molecule has 1 heterocycles. The van der Waals surface area contributed by atoms with Gasteiger partial charge in [-0.3, -0.25) is 4.98 Å². The van der Waals surface area contributed by atoms with Gasteiger partial charge in [0.25, 0.3) is 0 Å². The van der Waals surface area contributed by atoms with Crippen LogP contribution in [0.4, 0.5) is 0 Å². The van der Waals surface area contributed by atoms with Crippen LogP contribution >= 0.6 is 0 Å². The number of aliphatic hydroxyl groups is 1. The van der Waals surface area contributed by atoms with Gasteiger partial charge >= 0.3 is 0 Å². The molecule has 0 fully saturated rings. The predicted molar refractivity (Wildman–Crippen MR) is 57.0 cm³/mol. The van der Waals surface area contributed by atoms with E-state index in [4.69, 9.17) is 9.47 Å². The fraction of sp³-hybridized carbons (Fsp3) is 0.545. The summed E-state index contributed by atoms with van der Waals surface area (Å²) >= 11 is 0. The Bertz CT molecular complexity index is 315. The third kappa shape index (κ3) is 2.91. The topological polar surface area (TPSA) is 51.6 Å². The Balaban J connectivity index is 3.00. The highest BCUT2D eigenvalue weighted by Crippen LogP contribution is 2.23. The van der Waals surface area contributed by atoms with Crippen LogP contribution in [0.5, 0.6) is 5.75 Å². The fourth-order valence-electron chi connectivity index (χ4n) is 1.35. The van der Waals surface area contributed by atoms with Crippen molar-refractivity contribution in [3.8, 4) is 5.75 Å². The van der Waals surface area contributed by atoms with Gasteiger partial charge in [-0.15, -0.1) is 0 Å². The first-order chi connectivity index (χ1) is 7.22. The second-order valence-electron chi connectivity index (χ2n) is 3.21. The number of nitrogens with zero attached hydrogens (tertiary/aromatic N) is 1. The average Bonchev–Trinajstić information content (AvgIpc) is 2.28. The Hall–Kier alpha value is -1.13. The summed E-state index contributed by atoms with van der Waals surface area (Å²) in [7, 11) is 3.10. The summed E-state index contributed by atoms with van der Waals surface area (Å²) in [6.07, 6.45) is 0.0907. The third-order valence-corrected chi connectivity index (χ3v) is 2.17.